The monoisotopic (exact) mass is 425 g/mol. The third-order valence-corrected chi connectivity index (χ3v) is 6.03. The lowest BCUT2D eigenvalue weighted by Gasteiger charge is -2.29. The van der Waals surface area contributed by atoms with E-state index >= 15 is 0 Å². The number of anilines is 2. The minimum absolute atomic E-state index is 0.0937. The number of nitrogens with one attached hydrogen (secondary N) is 2. The fourth-order valence-corrected chi connectivity index (χ4v) is 4.20. The molecule has 2 N–H and O–H groups in total. The number of carbonyl (C=O) groups excluding carboxylic acids is 1. The lowest BCUT2D eigenvalue weighted by Crippen LogP contribution is -2.38. The highest BCUT2D eigenvalue weighted by molar-refractivity contribution is 5.95. The highest BCUT2D eigenvalue weighted by atomic mass is 19.2. The van der Waals surface area contributed by atoms with E-state index in [-0.39, 0.29) is 23.2 Å². The molecule has 162 valence electrons. The predicted molar refractivity (Wildman–Crippen MR) is 112 cm³/mol. The Morgan fingerprint density at radius 1 is 1.16 bits per heavy atom. The van der Waals surface area contributed by atoms with Gasteiger partial charge in [0.2, 0.25) is 5.95 Å². The zero-order valence-corrected chi connectivity index (χ0v) is 17.2. The molecule has 2 aliphatic rings. The molecule has 0 saturated heterocycles. The van der Waals surface area contributed by atoms with E-state index in [2.05, 4.69) is 26.7 Å². The highest BCUT2D eigenvalue weighted by Crippen LogP contribution is 2.39. The smallest absolute Gasteiger partial charge is 0.254 e. The third kappa shape index (κ3) is 5.16. The molecule has 1 amide bonds. The Kier molecular flexibility index (Phi) is 6.40. The van der Waals surface area contributed by atoms with Crippen LogP contribution in [0.25, 0.3) is 0 Å². The number of amides is 1. The SMILES string of the molecule is N#CCCC1CCC[C@@H](NC(=O)c2ccc(Nc3nccc(C4CC4)n3)c(F)c2F)C1. The Morgan fingerprint density at radius 2 is 2.00 bits per heavy atom. The number of hydrogen-bond donors (Lipinski definition) is 2. The molecule has 1 aromatic carbocycles. The van der Waals surface area contributed by atoms with Crippen LogP contribution in [-0.2, 0) is 0 Å². The lowest BCUT2D eigenvalue weighted by molar-refractivity contribution is 0.0913. The number of rotatable bonds is 7. The van der Waals surface area contributed by atoms with Gasteiger partial charge in [0.25, 0.3) is 5.91 Å². The molecule has 8 heteroatoms. The molecule has 31 heavy (non-hydrogen) atoms. The maximum Gasteiger partial charge on any atom is 0.254 e. The van der Waals surface area contributed by atoms with Crippen molar-refractivity contribution in [3.05, 3.63) is 47.3 Å². The van der Waals surface area contributed by atoms with Gasteiger partial charge in [-0.25, -0.2) is 18.7 Å². The zero-order chi connectivity index (χ0) is 21.8. The van der Waals surface area contributed by atoms with Gasteiger partial charge < -0.3 is 10.6 Å². The Morgan fingerprint density at radius 3 is 2.77 bits per heavy atom. The molecular weight excluding hydrogens is 400 g/mol. The molecular formula is C23H25F2N5O. The number of nitrogens with zero attached hydrogens (tertiary/aromatic N) is 3. The van der Waals surface area contributed by atoms with Crippen LogP contribution in [0.4, 0.5) is 20.4 Å². The summed E-state index contributed by atoms with van der Waals surface area (Å²) in [6.45, 7) is 0. The Labute approximate surface area is 180 Å². The Balaban J connectivity index is 1.42. The summed E-state index contributed by atoms with van der Waals surface area (Å²) in [6, 6.07) is 6.48. The fraction of sp³-hybridized carbons (Fsp3) is 0.478. The van der Waals surface area contributed by atoms with E-state index in [1.165, 1.54) is 12.1 Å². The van der Waals surface area contributed by atoms with Crippen molar-refractivity contribution in [1.29, 1.82) is 5.26 Å². The molecule has 1 aromatic heterocycles. The van der Waals surface area contributed by atoms with Crippen LogP contribution in [-0.4, -0.2) is 21.9 Å². The van der Waals surface area contributed by atoms with Gasteiger partial charge >= 0.3 is 0 Å². The summed E-state index contributed by atoms with van der Waals surface area (Å²) in [5, 5.41) is 14.3. The molecule has 2 fully saturated rings. The molecule has 1 heterocycles. The summed E-state index contributed by atoms with van der Waals surface area (Å²) in [7, 11) is 0. The van der Waals surface area contributed by atoms with Crippen molar-refractivity contribution < 1.29 is 13.6 Å². The first-order valence-electron chi connectivity index (χ1n) is 10.8. The Bertz CT molecular complexity index is 1000. The van der Waals surface area contributed by atoms with E-state index in [9.17, 15) is 13.6 Å². The molecule has 0 aliphatic heterocycles. The summed E-state index contributed by atoms with van der Waals surface area (Å²) < 4.78 is 29.3. The van der Waals surface area contributed by atoms with Gasteiger partial charge in [-0.3, -0.25) is 4.79 Å². The van der Waals surface area contributed by atoms with Crippen LogP contribution in [0.1, 0.15) is 73.3 Å². The lowest BCUT2D eigenvalue weighted by atomic mass is 9.83. The molecule has 0 radical (unpaired) electrons. The second-order valence-electron chi connectivity index (χ2n) is 8.39. The molecule has 0 bridgehead atoms. The van der Waals surface area contributed by atoms with Gasteiger partial charge in [-0.1, -0.05) is 12.8 Å². The van der Waals surface area contributed by atoms with Crippen LogP contribution in [0.5, 0.6) is 0 Å². The maximum atomic E-state index is 14.7. The number of aromatic nitrogens is 2. The molecule has 6 nitrogen and oxygen atoms in total. The minimum atomic E-state index is -1.20. The number of nitriles is 1. The second-order valence-corrected chi connectivity index (χ2v) is 8.39. The molecule has 2 saturated carbocycles. The predicted octanol–water partition coefficient (Wildman–Crippen LogP) is 4.97. The molecule has 0 spiro atoms. The van der Waals surface area contributed by atoms with Gasteiger partial charge in [-0.05, 0) is 56.2 Å². The largest absolute Gasteiger partial charge is 0.349 e. The van der Waals surface area contributed by atoms with Crippen molar-refractivity contribution in [3.8, 4) is 6.07 Å². The van der Waals surface area contributed by atoms with E-state index in [1.54, 1.807) is 6.20 Å². The van der Waals surface area contributed by atoms with Crippen molar-refractivity contribution in [1.82, 2.24) is 15.3 Å². The van der Waals surface area contributed by atoms with Crippen LogP contribution in [0.15, 0.2) is 24.4 Å². The second kappa shape index (κ2) is 9.38. The molecule has 1 unspecified atom stereocenters. The van der Waals surface area contributed by atoms with Gasteiger partial charge in [0.15, 0.2) is 11.6 Å². The van der Waals surface area contributed by atoms with E-state index in [0.29, 0.717) is 18.3 Å². The topological polar surface area (TPSA) is 90.7 Å². The first-order valence-corrected chi connectivity index (χ1v) is 10.8. The van der Waals surface area contributed by atoms with Gasteiger partial charge in [-0.15, -0.1) is 0 Å². The zero-order valence-electron chi connectivity index (χ0n) is 17.2. The van der Waals surface area contributed by atoms with Crippen LogP contribution < -0.4 is 10.6 Å². The molecule has 4 rings (SSSR count). The summed E-state index contributed by atoms with van der Waals surface area (Å²) >= 11 is 0. The first kappa shape index (κ1) is 21.2. The maximum absolute atomic E-state index is 14.7. The average molecular weight is 425 g/mol. The highest BCUT2D eigenvalue weighted by Gasteiger charge is 2.27. The van der Waals surface area contributed by atoms with Crippen LogP contribution >= 0.6 is 0 Å². The van der Waals surface area contributed by atoms with Crippen LogP contribution in [0, 0.1) is 28.9 Å². The third-order valence-electron chi connectivity index (χ3n) is 6.03. The van der Waals surface area contributed by atoms with Crippen molar-refractivity contribution in [2.75, 3.05) is 5.32 Å². The van der Waals surface area contributed by atoms with Crippen molar-refractivity contribution >= 4 is 17.5 Å². The normalized spacial score (nSPS) is 20.7. The number of hydrogen-bond acceptors (Lipinski definition) is 5. The number of carbonyl (C=O) groups is 1. The van der Waals surface area contributed by atoms with E-state index in [4.69, 9.17) is 5.26 Å². The van der Waals surface area contributed by atoms with E-state index in [0.717, 1.165) is 50.6 Å². The molecule has 2 aliphatic carbocycles. The average Bonchev–Trinajstić information content (AvgIpc) is 3.61. The summed E-state index contributed by atoms with van der Waals surface area (Å²) in [4.78, 5) is 21.0. The fourth-order valence-electron chi connectivity index (χ4n) is 4.20. The minimum Gasteiger partial charge on any atom is -0.349 e. The molecule has 2 aromatic rings. The van der Waals surface area contributed by atoms with Crippen molar-refractivity contribution in [2.45, 2.75) is 63.3 Å². The summed E-state index contributed by atoms with van der Waals surface area (Å²) in [5.74, 6) is -1.97. The van der Waals surface area contributed by atoms with Crippen molar-refractivity contribution in [3.63, 3.8) is 0 Å². The number of halogens is 2. The van der Waals surface area contributed by atoms with Gasteiger partial charge in [-0.2, -0.15) is 5.26 Å². The number of benzene rings is 1. The van der Waals surface area contributed by atoms with Gasteiger partial charge in [0.1, 0.15) is 0 Å². The summed E-state index contributed by atoms with van der Waals surface area (Å²) in [6.07, 6.45) is 8.56. The van der Waals surface area contributed by atoms with Crippen LogP contribution in [0.2, 0.25) is 0 Å². The molecule has 2 atom stereocenters. The van der Waals surface area contributed by atoms with E-state index in [1.807, 2.05) is 6.07 Å². The Hall–Kier alpha value is -3.08. The first-order chi connectivity index (χ1) is 15.0. The van der Waals surface area contributed by atoms with Gasteiger partial charge in [0.05, 0.1) is 17.3 Å². The van der Waals surface area contributed by atoms with Gasteiger partial charge in [0, 0.05) is 30.3 Å². The summed E-state index contributed by atoms with van der Waals surface area (Å²) in [5.41, 5.74) is 0.445. The van der Waals surface area contributed by atoms with Crippen molar-refractivity contribution in [2.24, 2.45) is 5.92 Å². The van der Waals surface area contributed by atoms with E-state index < -0.39 is 17.5 Å². The van der Waals surface area contributed by atoms with Crippen LogP contribution in [0.3, 0.4) is 0 Å². The standard InChI is InChI=1S/C23H25F2N5O/c24-20-17(22(31)28-16-5-1-3-14(13-16)4-2-11-26)8-9-19(21(20)25)30-23-27-12-10-18(29-23)15-6-7-15/h8-10,12,14-16H,1-7,13H2,(H,28,31)(H,27,29,30)/t14?,16-/m1/s1. The quantitative estimate of drug-likeness (QED) is 0.654.